The average Bonchev–Trinajstić information content (AvgIpc) is 3.57. The zero-order chi connectivity index (χ0) is 27.6. The molecule has 0 spiro atoms. The lowest BCUT2D eigenvalue weighted by molar-refractivity contribution is -0.384. The number of hydrogen-bond acceptors (Lipinski definition) is 8. The topological polar surface area (TPSA) is 110 Å². The second kappa shape index (κ2) is 11.3. The van der Waals surface area contributed by atoms with Crippen molar-refractivity contribution < 1.29 is 18.9 Å². The molecule has 39 heavy (non-hydrogen) atoms. The number of nitrogens with one attached hydrogen (secondary N) is 1. The third kappa shape index (κ3) is 6.07. The molecule has 1 aliphatic carbocycles. The first-order chi connectivity index (χ1) is 18.7. The monoisotopic (exact) mass is 550 g/mol. The van der Waals surface area contributed by atoms with Gasteiger partial charge in [0.2, 0.25) is 0 Å². The van der Waals surface area contributed by atoms with E-state index < -0.39 is 4.92 Å². The number of furan rings is 1. The summed E-state index contributed by atoms with van der Waals surface area (Å²) in [7, 11) is 0. The van der Waals surface area contributed by atoms with Gasteiger partial charge >= 0.3 is 0 Å². The van der Waals surface area contributed by atoms with E-state index in [4.69, 9.17) is 14.1 Å². The van der Waals surface area contributed by atoms with Crippen LogP contribution in [0.25, 0.3) is 0 Å². The largest absolute Gasteiger partial charge is 0.467 e. The molecular formula is C29H34N4O5S. The highest BCUT2D eigenvalue weighted by atomic mass is 32.1. The van der Waals surface area contributed by atoms with Gasteiger partial charge in [-0.1, -0.05) is 20.8 Å². The van der Waals surface area contributed by atoms with Crippen molar-refractivity contribution in [3.63, 3.8) is 0 Å². The standard InChI is InChI=1S/C29H34N4O5S/c1-29(2,3)20-6-8-23-25(16-20)39-28(26(23)27(34)30-18-22-5-4-12-38-22)31-17-19-15-21(33(35)36)7-9-24(19)32-10-13-37-14-11-32/h4-5,7,9,12,15,17,20H,6,8,10-11,13-14,16,18H2,1-3H3,(H,30,34)/t20-/m0/s1. The molecule has 0 unspecified atom stereocenters. The first-order valence-electron chi connectivity index (χ1n) is 13.3. The molecule has 0 bridgehead atoms. The molecule has 0 radical (unpaired) electrons. The number of hydrogen-bond donors (Lipinski definition) is 1. The number of morpholine rings is 1. The predicted molar refractivity (Wildman–Crippen MR) is 153 cm³/mol. The van der Waals surface area contributed by atoms with Gasteiger partial charge in [0.1, 0.15) is 10.8 Å². The lowest BCUT2D eigenvalue weighted by Gasteiger charge is -2.33. The number of carbonyl (C=O) groups excluding carboxylic acids is 1. The van der Waals surface area contributed by atoms with Gasteiger partial charge in [0, 0.05) is 47.6 Å². The number of thiophene rings is 1. The lowest BCUT2D eigenvalue weighted by Crippen LogP contribution is -2.36. The van der Waals surface area contributed by atoms with E-state index in [2.05, 4.69) is 31.0 Å². The number of amides is 1. The van der Waals surface area contributed by atoms with Crippen LogP contribution < -0.4 is 10.2 Å². The van der Waals surface area contributed by atoms with E-state index in [-0.39, 0.29) is 23.6 Å². The van der Waals surface area contributed by atoms with E-state index in [9.17, 15) is 14.9 Å². The minimum Gasteiger partial charge on any atom is -0.467 e. The van der Waals surface area contributed by atoms with Crippen LogP contribution in [0, 0.1) is 21.4 Å². The molecule has 2 aliphatic rings. The highest BCUT2D eigenvalue weighted by Crippen LogP contribution is 2.45. The molecule has 3 heterocycles. The van der Waals surface area contributed by atoms with Gasteiger partial charge in [0.25, 0.3) is 11.6 Å². The summed E-state index contributed by atoms with van der Waals surface area (Å²) in [5.74, 6) is 1.01. The van der Waals surface area contributed by atoms with Crippen molar-refractivity contribution in [2.75, 3.05) is 31.2 Å². The summed E-state index contributed by atoms with van der Waals surface area (Å²) in [6.45, 7) is 9.67. The fourth-order valence-corrected chi connectivity index (χ4v) is 6.55. The molecule has 3 aromatic rings. The van der Waals surface area contributed by atoms with E-state index >= 15 is 0 Å². The maximum absolute atomic E-state index is 13.5. The SMILES string of the molecule is CC(C)(C)[C@H]1CCc2c(sc(N=Cc3cc([N+](=O)[O-])ccc3N3CCOCC3)c2C(=O)NCc2ccco2)C1. The number of aliphatic imine (C=N–C) groups is 1. The highest BCUT2D eigenvalue weighted by molar-refractivity contribution is 7.16. The number of nitrogens with zero attached hydrogens (tertiary/aromatic N) is 3. The van der Waals surface area contributed by atoms with Crippen LogP contribution in [0.1, 0.15) is 59.3 Å². The number of anilines is 1. The van der Waals surface area contributed by atoms with Crippen molar-refractivity contribution in [3.8, 4) is 0 Å². The van der Waals surface area contributed by atoms with Crippen LogP contribution in [0.5, 0.6) is 0 Å². The fraction of sp³-hybridized carbons (Fsp3) is 0.448. The third-order valence-corrected chi connectivity index (χ3v) is 8.76. The van der Waals surface area contributed by atoms with Gasteiger partial charge in [-0.15, -0.1) is 11.3 Å². The quantitative estimate of drug-likeness (QED) is 0.222. The van der Waals surface area contributed by atoms with Gasteiger partial charge in [-0.3, -0.25) is 14.9 Å². The Labute approximate surface area is 232 Å². The van der Waals surface area contributed by atoms with Crippen LogP contribution in [-0.2, 0) is 24.1 Å². The molecule has 1 saturated heterocycles. The molecule has 5 rings (SSSR count). The Morgan fingerprint density at radius 3 is 2.77 bits per heavy atom. The Hall–Kier alpha value is -3.50. The Bertz CT molecular complexity index is 1370. The third-order valence-electron chi connectivity index (χ3n) is 7.60. The van der Waals surface area contributed by atoms with Crippen LogP contribution >= 0.6 is 11.3 Å². The molecular weight excluding hydrogens is 516 g/mol. The number of nitro benzene ring substituents is 1. The Morgan fingerprint density at radius 2 is 2.08 bits per heavy atom. The number of non-ortho nitro benzene ring substituents is 1. The van der Waals surface area contributed by atoms with Crippen molar-refractivity contribution in [3.05, 3.63) is 74.0 Å². The molecule has 206 valence electrons. The summed E-state index contributed by atoms with van der Waals surface area (Å²) in [6, 6.07) is 8.46. The molecule has 1 aliphatic heterocycles. The Morgan fingerprint density at radius 1 is 1.28 bits per heavy atom. The molecule has 1 aromatic carbocycles. The van der Waals surface area contributed by atoms with E-state index in [0.29, 0.717) is 54.1 Å². The van der Waals surface area contributed by atoms with Crippen LogP contribution in [0.4, 0.5) is 16.4 Å². The minimum absolute atomic E-state index is 0.00312. The van der Waals surface area contributed by atoms with Crippen LogP contribution in [-0.4, -0.2) is 43.3 Å². The predicted octanol–water partition coefficient (Wildman–Crippen LogP) is 5.92. The van der Waals surface area contributed by atoms with Crippen molar-refractivity contribution in [1.82, 2.24) is 5.32 Å². The van der Waals surface area contributed by atoms with Crippen molar-refractivity contribution in [2.24, 2.45) is 16.3 Å². The number of fused-ring (bicyclic) bond motifs is 1. The Kier molecular flexibility index (Phi) is 7.86. The zero-order valence-electron chi connectivity index (χ0n) is 22.6. The van der Waals surface area contributed by atoms with Crippen molar-refractivity contribution in [2.45, 2.75) is 46.6 Å². The maximum atomic E-state index is 13.5. The van der Waals surface area contributed by atoms with Gasteiger partial charge in [0.05, 0.1) is 36.5 Å². The van der Waals surface area contributed by atoms with Gasteiger partial charge < -0.3 is 19.4 Å². The molecule has 1 fully saturated rings. The molecule has 1 amide bonds. The molecule has 9 nitrogen and oxygen atoms in total. The van der Waals surface area contributed by atoms with E-state index in [0.717, 1.165) is 30.5 Å². The van der Waals surface area contributed by atoms with E-state index in [1.165, 1.54) is 10.9 Å². The molecule has 1 atom stereocenters. The molecule has 2 aromatic heterocycles. The smallest absolute Gasteiger partial charge is 0.270 e. The Balaban J connectivity index is 1.51. The number of carbonyl (C=O) groups is 1. The first kappa shape index (κ1) is 27.1. The molecule has 1 N–H and O–H groups in total. The first-order valence-corrected chi connectivity index (χ1v) is 14.1. The zero-order valence-corrected chi connectivity index (χ0v) is 23.4. The summed E-state index contributed by atoms with van der Waals surface area (Å²) < 4.78 is 10.9. The average molecular weight is 551 g/mol. The second-order valence-electron chi connectivity index (χ2n) is 11.1. The van der Waals surface area contributed by atoms with Crippen molar-refractivity contribution in [1.29, 1.82) is 0 Å². The fourth-order valence-electron chi connectivity index (χ4n) is 5.28. The molecule has 0 saturated carbocycles. The van der Waals surface area contributed by atoms with Crippen molar-refractivity contribution >= 4 is 39.8 Å². The number of ether oxygens (including phenoxy) is 1. The van der Waals surface area contributed by atoms with Gasteiger partial charge in [-0.05, 0) is 54.4 Å². The van der Waals surface area contributed by atoms with Gasteiger partial charge in [-0.25, -0.2) is 4.99 Å². The minimum atomic E-state index is -0.398. The van der Waals surface area contributed by atoms with Gasteiger partial charge in [0.15, 0.2) is 0 Å². The summed E-state index contributed by atoms with van der Waals surface area (Å²) in [6.07, 6.45) is 6.00. The summed E-state index contributed by atoms with van der Waals surface area (Å²) in [5, 5.41) is 15.2. The van der Waals surface area contributed by atoms with Crippen LogP contribution in [0.15, 0.2) is 46.0 Å². The highest BCUT2D eigenvalue weighted by Gasteiger charge is 2.33. The normalized spacial score (nSPS) is 17.8. The van der Waals surface area contributed by atoms with E-state index in [1.807, 2.05) is 6.07 Å². The lowest BCUT2D eigenvalue weighted by atomic mass is 9.72. The number of nitro groups is 1. The number of rotatable bonds is 7. The van der Waals surface area contributed by atoms with Gasteiger partial charge in [-0.2, -0.15) is 0 Å². The van der Waals surface area contributed by atoms with Crippen LogP contribution in [0.3, 0.4) is 0 Å². The van der Waals surface area contributed by atoms with Crippen LogP contribution in [0.2, 0.25) is 0 Å². The summed E-state index contributed by atoms with van der Waals surface area (Å²) in [4.78, 5) is 32.8. The summed E-state index contributed by atoms with van der Waals surface area (Å²) >= 11 is 1.56. The van der Waals surface area contributed by atoms with E-state index in [1.54, 1.807) is 42.0 Å². The molecule has 10 heteroatoms. The summed E-state index contributed by atoms with van der Waals surface area (Å²) in [5.41, 5.74) is 3.35. The second-order valence-corrected chi connectivity index (χ2v) is 12.2. The number of benzene rings is 1. The maximum Gasteiger partial charge on any atom is 0.270 e.